The lowest BCUT2D eigenvalue weighted by atomic mass is 9.99. The van der Waals surface area contributed by atoms with Gasteiger partial charge in [0.25, 0.3) is 0 Å². The van der Waals surface area contributed by atoms with Gasteiger partial charge in [-0.15, -0.1) is 0 Å². The lowest BCUT2D eigenvalue weighted by Gasteiger charge is -2.37. The monoisotopic (exact) mass is 387 g/mol. The third-order valence-electron chi connectivity index (χ3n) is 5.34. The van der Waals surface area contributed by atoms with Crippen molar-refractivity contribution in [3.63, 3.8) is 0 Å². The molecule has 0 aliphatic carbocycles. The zero-order valence-corrected chi connectivity index (χ0v) is 16.3. The Bertz CT molecular complexity index is 966. The fraction of sp³-hybridized carbons (Fsp3) is 0.250. The Kier molecular flexibility index (Phi) is 5.75. The fourth-order valence-corrected chi connectivity index (χ4v) is 3.93. The molecule has 0 radical (unpaired) electrons. The van der Waals surface area contributed by atoms with Crippen LogP contribution in [0.1, 0.15) is 29.3 Å². The Morgan fingerprint density at radius 1 is 0.897 bits per heavy atom. The van der Waals surface area contributed by atoms with Crippen molar-refractivity contribution >= 4 is 11.8 Å². The molecule has 2 heterocycles. The summed E-state index contributed by atoms with van der Waals surface area (Å²) in [5.74, 6) is 0.00226. The number of aromatic nitrogens is 1. The van der Waals surface area contributed by atoms with Crippen LogP contribution < -0.4 is 5.32 Å². The number of benzene rings is 2. The average Bonchev–Trinajstić information content (AvgIpc) is 3.23. The van der Waals surface area contributed by atoms with Crippen molar-refractivity contribution < 1.29 is 9.59 Å². The molecule has 5 heteroatoms. The molecule has 1 atom stereocenters. The second-order valence-corrected chi connectivity index (χ2v) is 7.29. The number of carbonyl (C=O) groups is 2. The van der Waals surface area contributed by atoms with E-state index in [2.05, 4.69) is 34.3 Å². The van der Waals surface area contributed by atoms with Crippen molar-refractivity contribution in [3.05, 3.63) is 95.8 Å². The van der Waals surface area contributed by atoms with E-state index in [1.54, 1.807) is 0 Å². The average molecular weight is 387 g/mol. The van der Waals surface area contributed by atoms with Gasteiger partial charge in [0.05, 0.1) is 12.5 Å². The van der Waals surface area contributed by atoms with E-state index >= 15 is 0 Å². The maximum atomic E-state index is 13.0. The van der Waals surface area contributed by atoms with Gasteiger partial charge >= 0.3 is 0 Å². The maximum absolute atomic E-state index is 13.0. The van der Waals surface area contributed by atoms with Crippen molar-refractivity contribution in [2.75, 3.05) is 13.1 Å². The minimum atomic E-state index is -0.0903. The molecule has 2 aromatic carbocycles. The summed E-state index contributed by atoms with van der Waals surface area (Å²) in [4.78, 5) is 27.1. The number of nitrogens with one attached hydrogen (secondary N) is 1. The first-order valence-electron chi connectivity index (χ1n) is 10.0. The quantitative estimate of drug-likeness (QED) is 0.706. The fourth-order valence-electron chi connectivity index (χ4n) is 3.93. The van der Waals surface area contributed by atoms with Crippen LogP contribution in [0.2, 0.25) is 0 Å². The van der Waals surface area contributed by atoms with Crippen molar-refractivity contribution in [3.8, 4) is 0 Å². The second kappa shape index (κ2) is 8.78. The highest BCUT2D eigenvalue weighted by atomic mass is 16.2. The van der Waals surface area contributed by atoms with E-state index in [0.717, 1.165) is 23.4 Å². The van der Waals surface area contributed by atoms with E-state index < -0.39 is 0 Å². The van der Waals surface area contributed by atoms with Crippen LogP contribution in [-0.4, -0.2) is 34.4 Å². The first kappa shape index (κ1) is 19.0. The topological polar surface area (TPSA) is 54.3 Å². The van der Waals surface area contributed by atoms with Gasteiger partial charge in [-0.2, -0.15) is 0 Å². The van der Waals surface area contributed by atoms with Gasteiger partial charge < -0.3 is 14.8 Å². The Morgan fingerprint density at radius 2 is 1.62 bits per heavy atom. The number of hydrogen-bond donors (Lipinski definition) is 1. The SMILES string of the molecule is O=C(Cc1ccccc1)NCCC(=O)N1CCn2cccc2C1c1ccccc1. The third kappa shape index (κ3) is 4.40. The van der Waals surface area contributed by atoms with Gasteiger partial charge in [0.2, 0.25) is 11.8 Å². The van der Waals surface area contributed by atoms with Gasteiger partial charge in [0.1, 0.15) is 0 Å². The van der Waals surface area contributed by atoms with Gasteiger partial charge in [0.15, 0.2) is 0 Å². The lowest BCUT2D eigenvalue weighted by molar-refractivity contribution is -0.133. The number of carbonyl (C=O) groups excluding carboxylic acids is 2. The number of rotatable bonds is 6. The molecule has 0 fully saturated rings. The highest BCUT2D eigenvalue weighted by molar-refractivity contribution is 5.81. The zero-order valence-electron chi connectivity index (χ0n) is 16.3. The summed E-state index contributed by atoms with van der Waals surface area (Å²) >= 11 is 0. The van der Waals surface area contributed by atoms with Crippen molar-refractivity contribution in [2.45, 2.75) is 25.4 Å². The molecule has 2 amide bonds. The van der Waals surface area contributed by atoms with Gasteiger partial charge in [-0.25, -0.2) is 0 Å². The molecule has 0 saturated carbocycles. The van der Waals surface area contributed by atoms with Crippen LogP contribution in [0.5, 0.6) is 0 Å². The molecule has 4 rings (SSSR count). The largest absolute Gasteiger partial charge is 0.355 e. The molecule has 1 N–H and O–H groups in total. The molecular formula is C24H25N3O2. The van der Waals surface area contributed by atoms with E-state index in [-0.39, 0.29) is 17.9 Å². The molecule has 3 aromatic rings. The van der Waals surface area contributed by atoms with Crippen LogP contribution in [0, 0.1) is 0 Å². The summed E-state index contributed by atoms with van der Waals surface area (Å²) < 4.78 is 2.21. The molecule has 1 unspecified atom stereocenters. The molecule has 1 aliphatic rings. The predicted octanol–water partition coefficient (Wildman–Crippen LogP) is 3.17. The van der Waals surface area contributed by atoms with E-state index in [4.69, 9.17) is 0 Å². The van der Waals surface area contributed by atoms with Crippen LogP contribution in [0.15, 0.2) is 79.0 Å². The van der Waals surface area contributed by atoms with Crippen LogP contribution >= 0.6 is 0 Å². The second-order valence-electron chi connectivity index (χ2n) is 7.29. The Hall–Kier alpha value is -3.34. The summed E-state index contributed by atoms with van der Waals surface area (Å²) in [6, 6.07) is 23.8. The molecule has 0 spiro atoms. The van der Waals surface area contributed by atoms with Crippen LogP contribution in [0.3, 0.4) is 0 Å². The zero-order chi connectivity index (χ0) is 20.1. The first-order chi connectivity index (χ1) is 14.2. The summed E-state index contributed by atoms with van der Waals surface area (Å²) in [6.45, 7) is 1.80. The van der Waals surface area contributed by atoms with E-state index in [1.807, 2.05) is 59.5 Å². The highest BCUT2D eigenvalue weighted by Crippen LogP contribution is 2.32. The van der Waals surface area contributed by atoms with E-state index in [9.17, 15) is 9.59 Å². The minimum Gasteiger partial charge on any atom is -0.355 e. The number of fused-ring (bicyclic) bond motifs is 1. The lowest BCUT2D eigenvalue weighted by Crippen LogP contribution is -2.43. The van der Waals surface area contributed by atoms with Crippen molar-refractivity contribution in [2.24, 2.45) is 0 Å². The third-order valence-corrected chi connectivity index (χ3v) is 5.34. The van der Waals surface area contributed by atoms with Crippen molar-refractivity contribution in [1.82, 2.24) is 14.8 Å². The number of nitrogens with zero attached hydrogens (tertiary/aromatic N) is 2. The van der Waals surface area contributed by atoms with Gasteiger partial charge in [-0.05, 0) is 23.3 Å². The van der Waals surface area contributed by atoms with Crippen LogP contribution in [-0.2, 0) is 22.6 Å². The molecule has 0 saturated heterocycles. The van der Waals surface area contributed by atoms with E-state index in [1.165, 1.54) is 0 Å². The van der Waals surface area contributed by atoms with Crippen LogP contribution in [0.25, 0.3) is 0 Å². The Morgan fingerprint density at radius 3 is 2.38 bits per heavy atom. The maximum Gasteiger partial charge on any atom is 0.225 e. The van der Waals surface area contributed by atoms with Gasteiger partial charge in [-0.3, -0.25) is 9.59 Å². The standard InChI is InChI=1S/C24H25N3O2/c28-22(18-19-8-3-1-4-9-19)25-14-13-23(29)27-17-16-26-15-7-12-21(26)24(27)20-10-5-2-6-11-20/h1-12,15,24H,13-14,16-18H2,(H,25,28). The Balaban J connectivity index is 1.39. The van der Waals surface area contributed by atoms with Crippen molar-refractivity contribution in [1.29, 1.82) is 0 Å². The molecule has 1 aromatic heterocycles. The highest BCUT2D eigenvalue weighted by Gasteiger charge is 2.31. The molecule has 0 bridgehead atoms. The minimum absolute atomic E-state index is 0.0591. The molecule has 5 nitrogen and oxygen atoms in total. The molecule has 29 heavy (non-hydrogen) atoms. The molecule has 1 aliphatic heterocycles. The first-order valence-corrected chi connectivity index (χ1v) is 10.0. The molecular weight excluding hydrogens is 362 g/mol. The molecule has 148 valence electrons. The smallest absolute Gasteiger partial charge is 0.225 e. The number of hydrogen-bond acceptors (Lipinski definition) is 2. The summed E-state index contributed by atoms with van der Waals surface area (Å²) in [5.41, 5.74) is 3.20. The summed E-state index contributed by atoms with van der Waals surface area (Å²) in [7, 11) is 0. The van der Waals surface area contributed by atoms with Gasteiger partial charge in [0, 0.05) is 37.9 Å². The number of amides is 2. The van der Waals surface area contributed by atoms with Gasteiger partial charge in [-0.1, -0.05) is 60.7 Å². The van der Waals surface area contributed by atoms with Crippen LogP contribution in [0.4, 0.5) is 0 Å². The van der Waals surface area contributed by atoms with E-state index in [0.29, 0.717) is 25.9 Å². The summed E-state index contributed by atoms with van der Waals surface area (Å²) in [6.07, 6.45) is 2.69. The Labute approximate surface area is 171 Å². The normalized spacial score (nSPS) is 15.6. The predicted molar refractivity (Wildman–Crippen MR) is 112 cm³/mol. The summed E-state index contributed by atoms with van der Waals surface area (Å²) in [5, 5.41) is 2.88.